The quantitative estimate of drug-likeness (QED) is 0.449. The Morgan fingerprint density at radius 3 is 2.25 bits per heavy atom. The second-order valence-electron chi connectivity index (χ2n) is 6.92. The molecule has 0 spiro atoms. The molecule has 3 rings (SSSR count). The molecule has 0 aliphatic rings. The van der Waals surface area contributed by atoms with Gasteiger partial charge in [-0.1, -0.05) is 30.3 Å². The van der Waals surface area contributed by atoms with E-state index in [1.54, 1.807) is 43.4 Å². The number of hydrogen-bond donors (Lipinski definition) is 2. The van der Waals surface area contributed by atoms with Crippen LogP contribution in [0.1, 0.15) is 32.1 Å². The van der Waals surface area contributed by atoms with Crippen LogP contribution < -0.4 is 10.6 Å². The number of amides is 2. The molecule has 0 unspecified atom stereocenters. The molecule has 0 radical (unpaired) electrons. The number of nitrogens with zero attached hydrogens (tertiary/aromatic N) is 2. The summed E-state index contributed by atoms with van der Waals surface area (Å²) in [5.41, 5.74) is 1.31. The fraction of sp³-hybridized carbons (Fsp3) is 0.182. The number of aryl methyl sites for hydroxylation is 1. The Morgan fingerprint density at radius 1 is 0.969 bits per heavy atom. The van der Waals surface area contributed by atoms with Crippen LogP contribution in [0.15, 0.2) is 54.6 Å². The molecule has 166 valence electrons. The predicted octanol–water partition coefficient (Wildman–Crippen LogP) is 3.60. The zero-order chi connectivity index (χ0) is 23.5. The van der Waals surface area contributed by atoms with E-state index in [0.717, 1.165) is 0 Å². The van der Waals surface area contributed by atoms with E-state index in [9.17, 15) is 27.6 Å². The van der Waals surface area contributed by atoms with Crippen molar-refractivity contribution < 1.29 is 27.6 Å². The topological polar surface area (TPSA) is 93.1 Å². The highest BCUT2D eigenvalue weighted by atomic mass is 19.4. The van der Waals surface area contributed by atoms with Crippen molar-refractivity contribution in [3.8, 4) is 5.69 Å². The minimum absolute atomic E-state index is 0.0868. The molecule has 0 aliphatic heterocycles. The first kappa shape index (κ1) is 22.7. The molecule has 10 heteroatoms. The smallest absolute Gasteiger partial charge is 0.343 e. The highest BCUT2D eigenvalue weighted by Gasteiger charge is 2.29. The molecule has 32 heavy (non-hydrogen) atoms. The summed E-state index contributed by atoms with van der Waals surface area (Å²) in [6.45, 7) is 1.71. The largest absolute Gasteiger partial charge is 0.405 e. The van der Waals surface area contributed by atoms with Gasteiger partial charge in [-0.25, -0.2) is 4.68 Å². The number of Topliss-reactive ketones (excluding diaryl/α,β-unsaturated/α-hetero) is 1. The molecule has 0 saturated carbocycles. The number of carbonyl (C=O) groups is 3. The number of halogens is 3. The zero-order valence-corrected chi connectivity index (χ0v) is 17.2. The third-order valence-corrected chi connectivity index (χ3v) is 4.59. The normalized spacial score (nSPS) is 11.2. The maximum atomic E-state index is 12.9. The zero-order valence-electron chi connectivity index (χ0n) is 17.2. The van der Waals surface area contributed by atoms with Crippen molar-refractivity contribution in [1.82, 2.24) is 15.1 Å². The number of carbonyl (C=O) groups excluding carboxylic acids is 3. The highest BCUT2D eigenvalue weighted by Crippen LogP contribution is 2.21. The highest BCUT2D eigenvalue weighted by molar-refractivity contribution is 6.47. The fourth-order valence-corrected chi connectivity index (χ4v) is 3.15. The maximum Gasteiger partial charge on any atom is 0.405 e. The minimum atomic E-state index is -4.59. The summed E-state index contributed by atoms with van der Waals surface area (Å²) < 4.78 is 38.7. The molecule has 0 aliphatic carbocycles. The molecule has 2 aromatic carbocycles. The first-order chi connectivity index (χ1) is 15.1. The van der Waals surface area contributed by atoms with Crippen molar-refractivity contribution in [3.63, 3.8) is 0 Å². The molecule has 7 nitrogen and oxygen atoms in total. The number of ketones is 1. The molecule has 1 aromatic heterocycles. The monoisotopic (exact) mass is 444 g/mol. The van der Waals surface area contributed by atoms with Crippen molar-refractivity contribution >= 4 is 23.3 Å². The summed E-state index contributed by atoms with van der Waals surface area (Å²) in [6, 6.07) is 14.5. The van der Waals surface area contributed by atoms with Gasteiger partial charge >= 0.3 is 6.18 Å². The average Bonchev–Trinajstić information content (AvgIpc) is 3.05. The van der Waals surface area contributed by atoms with Gasteiger partial charge in [-0.05, 0) is 38.1 Å². The lowest BCUT2D eigenvalue weighted by molar-refractivity contribution is -0.123. The van der Waals surface area contributed by atoms with E-state index in [4.69, 9.17) is 0 Å². The minimum Gasteiger partial charge on any atom is -0.343 e. The van der Waals surface area contributed by atoms with Gasteiger partial charge < -0.3 is 10.6 Å². The number of anilines is 1. The third-order valence-electron chi connectivity index (χ3n) is 4.59. The summed E-state index contributed by atoms with van der Waals surface area (Å²) in [5.74, 6) is -2.96. The first-order valence-electron chi connectivity index (χ1n) is 9.50. The molecule has 0 atom stereocenters. The van der Waals surface area contributed by atoms with Gasteiger partial charge in [-0.2, -0.15) is 18.3 Å². The van der Waals surface area contributed by atoms with Crippen LogP contribution in [-0.4, -0.2) is 40.1 Å². The molecular formula is C22H19F3N4O3. The van der Waals surface area contributed by atoms with E-state index in [1.807, 2.05) is 6.07 Å². The Morgan fingerprint density at radius 2 is 1.59 bits per heavy atom. The van der Waals surface area contributed by atoms with Crippen molar-refractivity contribution in [2.75, 3.05) is 11.9 Å². The van der Waals surface area contributed by atoms with Gasteiger partial charge in [0.1, 0.15) is 6.54 Å². The van der Waals surface area contributed by atoms with Crippen LogP contribution in [-0.2, 0) is 4.79 Å². The maximum absolute atomic E-state index is 12.9. The van der Waals surface area contributed by atoms with Crippen molar-refractivity contribution in [1.29, 1.82) is 0 Å². The Labute approximate surface area is 181 Å². The van der Waals surface area contributed by atoms with E-state index in [1.165, 1.54) is 28.9 Å². The summed E-state index contributed by atoms with van der Waals surface area (Å²) >= 11 is 0. The van der Waals surface area contributed by atoms with Gasteiger partial charge in [0, 0.05) is 0 Å². The van der Waals surface area contributed by atoms with Gasteiger partial charge in [-0.15, -0.1) is 0 Å². The first-order valence-corrected chi connectivity index (χ1v) is 9.50. The van der Waals surface area contributed by atoms with Crippen LogP contribution in [0.3, 0.4) is 0 Å². The number of benzene rings is 2. The molecule has 0 saturated heterocycles. The average molecular weight is 444 g/mol. The summed E-state index contributed by atoms with van der Waals surface area (Å²) in [6.07, 6.45) is -4.59. The van der Waals surface area contributed by atoms with E-state index in [2.05, 4.69) is 10.4 Å². The summed E-state index contributed by atoms with van der Waals surface area (Å²) in [4.78, 5) is 37.6. The van der Waals surface area contributed by atoms with Crippen LogP contribution in [0.25, 0.3) is 5.69 Å². The third kappa shape index (κ3) is 5.02. The van der Waals surface area contributed by atoms with E-state index >= 15 is 0 Å². The Bertz CT molecular complexity index is 1170. The number of para-hydroxylation sites is 2. The lowest BCUT2D eigenvalue weighted by Crippen LogP contribution is -2.34. The van der Waals surface area contributed by atoms with Gasteiger partial charge in [-0.3, -0.25) is 14.4 Å². The van der Waals surface area contributed by atoms with E-state index in [-0.39, 0.29) is 16.8 Å². The molecule has 3 aromatic rings. The van der Waals surface area contributed by atoms with E-state index in [0.29, 0.717) is 17.1 Å². The van der Waals surface area contributed by atoms with Gasteiger partial charge in [0.2, 0.25) is 0 Å². The number of hydrogen-bond acceptors (Lipinski definition) is 4. The molecule has 0 bridgehead atoms. The fourth-order valence-electron chi connectivity index (χ4n) is 3.15. The van der Waals surface area contributed by atoms with Gasteiger partial charge in [0.05, 0.1) is 33.9 Å². The van der Waals surface area contributed by atoms with Crippen LogP contribution in [0.2, 0.25) is 0 Å². The molecule has 2 amide bonds. The molecule has 2 N–H and O–H groups in total. The number of rotatable bonds is 6. The predicted molar refractivity (Wildman–Crippen MR) is 111 cm³/mol. The van der Waals surface area contributed by atoms with Crippen LogP contribution in [0.4, 0.5) is 18.9 Å². The number of nitrogens with one attached hydrogen (secondary N) is 2. The second-order valence-corrected chi connectivity index (χ2v) is 6.92. The molecular weight excluding hydrogens is 425 g/mol. The van der Waals surface area contributed by atoms with E-state index < -0.39 is 30.3 Å². The van der Waals surface area contributed by atoms with Gasteiger partial charge in [0.15, 0.2) is 0 Å². The van der Waals surface area contributed by atoms with Crippen LogP contribution >= 0.6 is 0 Å². The van der Waals surface area contributed by atoms with Crippen LogP contribution in [0.5, 0.6) is 0 Å². The standard InChI is InChI=1S/C22H19F3N4O3/c1-13-18(14(2)29(28-13)15-8-4-3-5-9-15)19(30)21(32)27-17-11-7-6-10-16(17)20(31)26-12-22(23,24)25/h3-11H,12H2,1-2H3,(H,26,31)(H,27,32). The Balaban J connectivity index is 1.83. The Hall–Kier alpha value is -3.95. The van der Waals surface area contributed by atoms with Crippen molar-refractivity contribution in [2.24, 2.45) is 0 Å². The van der Waals surface area contributed by atoms with Gasteiger partial charge in [0.25, 0.3) is 17.6 Å². The van der Waals surface area contributed by atoms with Crippen molar-refractivity contribution in [3.05, 3.63) is 77.1 Å². The lowest BCUT2D eigenvalue weighted by Gasteiger charge is -2.12. The summed E-state index contributed by atoms with van der Waals surface area (Å²) in [7, 11) is 0. The second kappa shape index (κ2) is 9.04. The Kier molecular flexibility index (Phi) is 6.42. The molecule has 1 heterocycles. The SMILES string of the molecule is Cc1nn(-c2ccccc2)c(C)c1C(=O)C(=O)Nc1ccccc1C(=O)NCC(F)(F)F. The summed E-state index contributed by atoms with van der Waals surface area (Å²) in [5, 5.41) is 8.39. The molecule has 0 fully saturated rings. The number of aromatic nitrogens is 2. The lowest BCUT2D eigenvalue weighted by atomic mass is 10.1. The number of alkyl halides is 3. The van der Waals surface area contributed by atoms with Crippen LogP contribution in [0, 0.1) is 13.8 Å². The van der Waals surface area contributed by atoms with Crippen molar-refractivity contribution in [2.45, 2.75) is 20.0 Å².